The van der Waals surface area contributed by atoms with Gasteiger partial charge >= 0.3 is 0 Å². The highest BCUT2D eigenvalue weighted by atomic mass is 15.1. The average Bonchev–Trinajstić information content (AvgIpc) is 3.04. The molecule has 3 rings (SSSR count). The zero-order chi connectivity index (χ0) is 18.4. The van der Waals surface area contributed by atoms with Gasteiger partial charge in [-0.25, -0.2) is 4.98 Å². The van der Waals surface area contributed by atoms with E-state index in [2.05, 4.69) is 81.4 Å². The van der Waals surface area contributed by atoms with Crippen molar-refractivity contribution in [1.82, 2.24) is 9.55 Å². The van der Waals surface area contributed by atoms with Crippen LogP contribution in [-0.4, -0.2) is 9.55 Å². The van der Waals surface area contributed by atoms with E-state index in [0.29, 0.717) is 5.92 Å². The molecule has 0 aliphatic rings. The van der Waals surface area contributed by atoms with Gasteiger partial charge in [0.25, 0.3) is 0 Å². The fraction of sp³-hybridized carbons (Fsp3) is 0.348. The van der Waals surface area contributed by atoms with Crippen molar-refractivity contribution in [1.29, 1.82) is 0 Å². The van der Waals surface area contributed by atoms with Gasteiger partial charge in [0.1, 0.15) is 5.82 Å². The van der Waals surface area contributed by atoms with E-state index in [4.69, 9.17) is 0 Å². The number of hydrogen-bond donors (Lipinski definition) is 0. The van der Waals surface area contributed by atoms with E-state index < -0.39 is 0 Å². The predicted molar refractivity (Wildman–Crippen MR) is 108 cm³/mol. The SMILES string of the molecule is CC(C)C.Cc1cc(-n2ccnc2-c2ccccc2)ccc1C(C)C. The molecule has 0 aliphatic carbocycles. The molecule has 0 fully saturated rings. The van der Waals surface area contributed by atoms with Crippen molar-refractivity contribution < 1.29 is 0 Å². The van der Waals surface area contributed by atoms with Gasteiger partial charge < -0.3 is 0 Å². The first-order chi connectivity index (χ1) is 11.9. The van der Waals surface area contributed by atoms with Crippen molar-refractivity contribution in [3.05, 3.63) is 72.1 Å². The minimum atomic E-state index is 0.551. The maximum absolute atomic E-state index is 4.51. The monoisotopic (exact) mass is 334 g/mol. The van der Waals surface area contributed by atoms with E-state index in [-0.39, 0.29) is 0 Å². The molecule has 1 aromatic heterocycles. The minimum absolute atomic E-state index is 0.551. The second kappa shape index (κ2) is 8.66. The Morgan fingerprint density at radius 1 is 0.880 bits per heavy atom. The van der Waals surface area contributed by atoms with Crippen LogP contribution in [-0.2, 0) is 0 Å². The first-order valence-electron chi connectivity index (χ1n) is 9.09. The van der Waals surface area contributed by atoms with E-state index in [9.17, 15) is 0 Å². The lowest BCUT2D eigenvalue weighted by Crippen LogP contribution is -1.99. The molecule has 132 valence electrons. The number of rotatable bonds is 3. The third kappa shape index (κ3) is 5.06. The molecular weight excluding hydrogens is 304 g/mol. The highest BCUT2D eigenvalue weighted by molar-refractivity contribution is 5.59. The summed E-state index contributed by atoms with van der Waals surface area (Å²) in [7, 11) is 0. The number of aryl methyl sites for hydroxylation is 1. The van der Waals surface area contributed by atoms with Crippen LogP contribution in [0.2, 0.25) is 0 Å². The van der Waals surface area contributed by atoms with Crippen molar-refractivity contribution in [3.63, 3.8) is 0 Å². The lowest BCUT2D eigenvalue weighted by Gasteiger charge is -2.13. The molecule has 0 aliphatic heterocycles. The van der Waals surface area contributed by atoms with Gasteiger partial charge in [-0.3, -0.25) is 4.57 Å². The summed E-state index contributed by atoms with van der Waals surface area (Å²) in [6.45, 7) is 13.1. The van der Waals surface area contributed by atoms with Gasteiger partial charge in [0.05, 0.1) is 0 Å². The molecule has 2 nitrogen and oxygen atoms in total. The van der Waals surface area contributed by atoms with Crippen molar-refractivity contribution >= 4 is 0 Å². The molecule has 2 heteroatoms. The van der Waals surface area contributed by atoms with Crippen LogP contribution < -0.4 is 0 Å². The second-order valence-electron chi connectivity index (χ2n) is 7.41. The molecule has 0 unspecified atom stereocenters. The van der Waals surface area contributed by atoms with Crippen LogP contribution >= 0.6 is 0 Å². The molecule has 1 heterocycles. The topological polar surface area (TPSA) is 17.8 Å². The zero-order valence-electron chi connectivity index (χ0n) is 16.3. The maximum Gasteiger partial charge on any atom is 0.144 e. The fourth-order valence-corrected chi connectivity index (χ4v) is 2.77. The maximum atomic E-state index is 4.51. The van der Waals surface area contributed by atoms with Gasteiger partial charge in [0.15, 0.2) is 0 Å². The Labute approximate surface area is 152 Å². The van der Waals surface area contributed by atoms with Crippen LogP contribution in [0.15, 0.2) is 60.9 Å². The number of imidazole rings is 1. The molecule has 0 amide bonds. The molecule has 0 spiro atoms. The van der Waals surface area contributed by atoms with Gasteiger partial charge in [-0.2, -0.15) is 0 Å². The molecular formula is C23H30N2. The van der Waals surface area contributed by atoms with E-state index in [1.165, 1.54) is 11.1 Å². The normalized spacial score (nSPS) is 10.7. The number of nitrogens with zero attached hydrogens (tertiary/aromatic N) is 2. The molecule has 3 aromatic rings. The molecule has 0 radical (unpaired) electrons. The molecule has 0 atom stereocenters. The first-order valence-corrected chi connectivity index (χ1v) is 9.09. The summed E-state index contributed by atoms with van der Waals surface area (Å²) in [6, 6.07) is 16.9. The Kier molecular flexibility index (Phi) is 6.58. The molecule has 0 saturated heterocycles. The van der Waals surface area contributed by atoms with Crippen LogP contribution in [0.5, 0.6) is 0 Å². The summed E-state index contributed by atoms with van der Waals surface area (Å²) in [5, 5.41) is 0. The third-order valence-electron chi connectivity index (χ3n) is 3.83. The van der Waals surface area contributed by atoms with Crippen molar-refractivity contribution in [2.45, 2.75) is 47.5 Å². The highest BCUT2D eigenvalue weighted by Gasteiger charge is 2.09. The number of hydrogen-bond acceptors (Lipinski definition) is 1. The Balaban J connectivity index is 0.000000511. The van der Waals surface area contributed by atoms with Gasteiger partial charge in [0, 0.05) is 23.6 Å². The molecule has 0 saturated carbocycles. The number of aromatic nitrogens is 2. The average molecular weight is 335 g/mol. The lowest BCUT2D eigenvalue weighted by molar-refractivity contribution is 0.737. The largest absolute Gasteiger partial charge is 0.300 e. The van der Waals surface area contributed by atoms with E-state index in [1.54, 1.807) is 0 Å². The Hall–Kier alpha value is -2.35. The third-order valence-corrected chi connectivity index (χ3v) is 3.83. The Bertz CT molecular complexity index is 780. The fourth-order valence-electron chi connectivity index (χ4n) is 2.77. The molecule has 0 bridgehead atoms. The standard InChI is InChI=1S/C19H20N2.C4H10/c1-14(2)18-10-9-17(13-15(18)3)21-12-11-20-19(21)16-7-5-4-6-8-16;1-4(2)3/h4-14H,1-3H3;4H,1-3H3. The van der Waals surface area contributed by atoms with Crippen molar-refractivity contribution in [2.75, 3.05) is 0 Å². The summed E-state index contributed by atoms with van der Waals surface area (Å²) >= 11 is 0. The van der Waals surface area contributed by atoms with E-state index in [0.717, 1.165) is 23.0 Å². The highest BCUT2D eigenvalue weighted by Crippen LogP contribution is 2.25. The van der Waals surface area contributed by atoms with Crippen molar-refractivity contribution in [2.24, 2.45) is 5.92 Å². The minimum Gasteiger partial charge on any atom is -0.300 e. The molecule has 2 aromatic carbocycles. The second-order valence-corrected chi connectivity index (χ2v) is 7.41. The smallest absolute Gasteiger partial charge is 0.144 e. The predicted octanol–water partition coefficient (Wildman–Crippen LogP) is 6.63. The number of benzene rings is 2. The summed E-state index contributed by atoms with van der Waals surface area (Å²) in [4.78, 5) is 4.51. The van der Waals surface area contributed by atoms with Gasteiger partial charge in [-0.1, -0.05) is 71.0 Å². The summed E-state index contributed by atoms with van der Waals surface area (Å²) in [5.41, 5.74) is 5.02. The van der Waals surface area contributed by atoms with Gasteiger partial charge in [0.2, 0.25) is 0 Å². The van der Waals surface area contributed by atoms with Crippen LogP contribution in [0.4, 0.5) is 0 Å². The summed E-state index contributed by atoms with van der Waals surface area (Å²) in [5.74, 6) is 2.36. The Morgan fingerprint density at radius 2 is 1.52 bits per heavy atom. The Morgan fingerprint density at radius 3 is 2.08 bits per heavy atom. The zero-order valence-corrected chi connectivity index (χ0v) is 16.3. The van der Waals surface area contributed by atoms with E-state index >= 15 is 0 Å². The van der Waals surface area contributed by atoms with Crippen LogP contribution in [0, 0.1) is 12.8 Å². The van der Waals surface area contributed by atoms with Gasteiger partial charge in [-0.05, 0) is 42.0 Å². The van der Waals surface area contributed by atoms with E-state index in [1.807, 2.05) is 30.6 Å². The molecule has 25 heavy (non-hydrogen) atoms. The molecule has 0 N–H and O–H groups in total. The van der Waals surface area contributed by atoms with Crippen LogP contribution in [0.3, 0.4) is 0 Å². The van der Waals surface area contributed by atoms with Crippen LogP contribution in [0.25, 0.3) is 17.1 Å². The van der Waals surface area contributed by atoms with Crippen LogP contribution in [0.1, 0.15) is 51.7 Å². The van der Waals surface area contributed by atoms with Gasteiger partial charge in [-0.15, -0.1) is 0 Å². The van der Waals surface area contributed by atoms with Crippen molar-refractivity contribution in [3.8, 4) is 17.1 Å². The summed E-state index contributed by atoms with van der Waals surface area (Å²) < 4.78 is 2.15. The lowest BCUT2D eigenvalue weighted by atomic mass is 9.97. The quantitative estimate of drug-likeness (QED) is 0.525. The summed E-state index contributed by atoms with van der Waals surface area (Å²) in [6.07, 6.45) is 3.88. The first kappa shape index (κ1) is 19.0.